The first-order valence-corrected chi connectivity index (χ1v) is 9.97. The average Bonchev–Trinajstić information content (AvgIpc) is 3.19. The van der Waals surface area contributed by atoms with E-state index in [4.69, 9.17) is 12.2 Å². The van der Waals surface area contributed by atoms with Crippen molar-refractivity contribution in [2.24, 2.45) is 0 Å². The fourth-order valence-electron chi connectivity index (χ4n) is 2.90. The number of benzene rings is 1. The second kappa shape index (κ2) is 7.94. The molecule has 0 atom stereocenters. The number of likely N-dealkylation sites (N-methyl/N-ethyl adjacent to an activating group) is 1. The monoisotopic (exact) mass is 420 g/mol. The van der Waals surface area contributed by atoms with E-state index in [-0.39, 0.29) is 10.7 Å². The van der Waals surface area contributed by atoms with Crippen molar-refractivity contribution in [1.82, 2.24) is 15.2 Å². The van der Waals surface area contributed by atoms with Gasteiger partial charge in [-0.2, -0.15) is 0 Å². The molecule has 1 aliphatic rings. The number of para-hydroxylation sites is 1. The average molecular weight is 421 g/mol. The zero-order chi connectivity index (χ0) is 20.4. The van der Waals surface area contributed by atoms with Crippen molar-refractivity contribution >= 4 is 62.9 Å². The molecule has 29 heavy (non-hydrogen) atoms. The number of hydrogen-bond acceptors (Lipinski definition) is 6. The highest BCUT2D eigenvalue weighted by atomic mass is 32.1. The van der Waals surface area contributed by atoms with Crippen molar-refractivity contribution in [2.45, 2.75) is 0 Å². The maximum absolute atomic E-state index is 12.4. The predicted octanol–water partition coefficient (Wildman–Crippen LogP) is 3.87. The highest BCUT2D eigenvalue weighted by Gasteiger charge is 2.31. The van der Waals surface area contributed by atoms with E-state index in [9.17, 15) is 9.59 Å². The molecule has 1 aromatic carbocycles. The van der Waals surface area contributed by atoms with Crippen LogP contribution in [0.5, 0.6) is 0 Å². The molecule has 0 spiro atoms. The number of carbonyl (C=O) groups is 2. The zero-order valence-corrected chi connectivity index (χ0v) is 17.0. The van der Waals surface area contributed by atoms with Crippen LogP contribution in [0.3, 0.4) is 0 Å². The van der Waals surface area contributed by atoms with Crippen LogP contribution in [0.15, 0.2) is 72.6 Å². The third-order valence-electron chi connectivity index (χ3n) is 4.36. The van der Waals surface area contributed by atoms with Crippen LogP contribution >= 0.6 is 23.6 Å². The van der Waals surface area contributed by atoms with Gasteiger partial charge in [0.25, 0.3) is 11.8 Å². The van der Waals surface area contributed by atoms with E-state index in [0.29, 0.717) is 0 Å². The van der Waals surface area contributed by atoms with Crippen molar-refractivity contribution in [3.8, 4) is 0 Å². The van der Waals surface area contributed by atoms with Crippen LogP contribution in [0.1, 0.15) is 4.88 Å². The second-order valence-corrected chi connectivity index (χ2v) is 7.71. The van der Waals surface area contributed by atoms with E-state index < -0.39 is 11.8 Å². The van der Waals surface area contributed by atoms with Crippen molar-refractivity contribution < 1.29 is 9.59 Å². The van der Waals surface area contributed by atoms with E-state index in [1.54, 1.807) is 25.5 Å². The number of rotatable bonds is 4. The molecule has 3 aromatic rings. The number of amides is 2. The molecule has 144 valence electrons. The summed E-state index contributed by atoms with van der Waals surface area (Å²) >= 11 is 6.46. The van der Waals surface area contributed by atoms with Crippen LogP contribution in [-0.2, 0) is 9.59 Å². The Morgan fingerprint density at radius 2 is 1.72 bits per heavy atom. The van der Waals surface area contributed by atoms with Crippen molar-refractivity contribution in [1.29, 1.82) is 0 Å². The van der Waals surface area contributed by atoms with Gasteiger partial charge in [0.15, 0.2) is 5.11 Å². The molecule has 1 saturated heterocycles. The van der Waals surface area contributed by atoms with Crippen LogP contribution in [0.4, 0.5) is 16.4 Å². The zero-order valence-electron chi connectivity index (χ0n) is 15.4. The van der Waals surface area contributed by atoms with Gasteiger partial charge >= 0.3 is 0 Å². The van der Waals surface area contributed by atoms with Crippen LogP contribution in [-0.4, -0.2) is 33.9 Å². The normalized spacial score (nSPS) is 15.6. The number of hydrogen-bond donors (Lipinski definition) is 1. The van der Waals surface area contributed by atoms with E-state index in [1.165, 1.54) is 16.2 Å². The molecule has 0 saturated carbocycles. The van der Waals surface area contributed by atoms with Crippen molar-refractivity contribution in [2.75, 3.05) is 11.9 Å². The van der Waals surface area contributed by atoms with Crippen LogP contribution < -0.4 is 10.2 Å². The minimum absolute atomic E-state index is 0.0599. The fourth-order valence-corrected chi connectivity index (χ4v) is 4.07. The van der Waals surface area contributed by atoms with E-state index in [2.05, 4.69) is 15.2 Å². The first-order valence-electron chi connectivity index (χ1n) is 8.75. The molecule has 0 aliphatic carbocycles. The summed E-state index contributed by atoms with van der Waals surface area (Å²) in [6, 6.07) is 17.7. The Balaban J connectivity index is 1.72. The second-order valence-electron chi connectivity index (χ2n) is 6.23. The molecule has 3 heterocycles. The Bertz CT molecular complexity index is 1070. The quantitative estimate of drug-likeness (QED) is 0.394. The minimum Gasteiger partial charge on any atom is -0.302 e. The molecule has 0 radical (unpaired) electrons. The Kier molecular flexibility index (Phi) is 5.20. The molecule has 1 aliphatic heterocycles. The van der Waals surface area contributed by atoms with Gasteiger partial charge in [0, 0.05) is 35.7 Å². The lowest BCUT2D eigenvalue weighted by Gasteiger charge is -2.25. The molecule has 0 bridgehead atoms. The number of thiophene rings is 1. The van der Waals surface area contributed by atoms with Gasteiger partial charge in [0.1, 0.15) is 10.6 Å². The predicted molar refractivity (Wildman–Crippen MR) is 118 cm³/mol. The van der Waals surface area contributed by atoms with Gasteiger partial charge in [-0.1, -0.05) is 18.2 Å². The molecule has 6 nitrogen and oxygen atoms in total. The van der Waals surface area contributed by atoms with Gasteiger partial charge in [0.2, 0.25) is 0 Å². The third-order valence-corrected chi connectivity index (χ3v) is 5.75. The Hall–Kier alpha value is -3.36. The maximum atomic E-state index is 12.4. The summed E-state index contributed by atoms with van der Waals surface area (Å²) in [5.41, 5.74) is 2.02. The summed E-state index contributed by atoms with van der Waals surface area (Å²) in [6.07, 6.45) is 5.08. The Labute approximate surface area is 177 Å². The molecule has 1 fully saturated rings. The molecular formula is C21H16N4O2S2. The number of nitrogens with zero attached hydrogens (tertiary/aromatic N) is 3. The lowest BCUT2D eigenvalue weighted by molar-refractivity contribution is -0.128. The highest BCUT2D eigenvalue weighted by Crippen LogP contribution is 2.39. The number of pyridine rings is 1. The molecule has 4 rings (SSSR count). The lowest BCUT2D eigenvalue weighted by atomic mass is 10.1. The van der Waals surface area contributed by atoms with Crippen molar-refractivity contribution in [3.63, 3.8) is 0 Å². The summed E-state index contributed by atoms with van der Waals surface area (Å²) in [5.74, 6) is -0.898. The van der Waals surface area contributed by atoms with Gasteiger partial charge in [-0.15, -0.1) is 11.3 Å². The third kappa shape index (κ3) is 3.80. The molecule has 2 amide bonds. The number of nitrogens with one attached hydrogen (secondary N) is 1. The standard InChI is InChI=1S/C21H16N4O2S2/c1-24-20(27)17(19(26)23-21(24)28)13-16-7-8-18(29-16)25(14-5-3-2-4-6-14)15-9-11-22-12-10-15/h2-13H,1H3,(H,23,26,28)/b17-13+. The number of thiocarbonyl (C=S) groups is 1. The van der Waals surface area contributed by atoms with Crippen LogP contribution in [0, 0.1) is 0 Å². The summed E-state index contributed by atoms with van der Waals surface area (Å²) in [7, 11) is 1.54. The largest absolute Gasteiger partial charge is 0.302 e. The lowest BCUT2D eigenvalue weighted by Crippen LogP contribution is -2.52. The number of carbonyl (C=O) groups excluding carboxylic acids is 2. The number of anilines is 3. The number of aromatic nitrogens is 1. The Morgan fingerprint density at radius 3 is 2.45 bits per heavy atom. The molecule has 2 aromatic heterocycles. The summed E-state index contributed by atoms with van der Waals surface area (Å²) in [5, 5.41) is 3.58. The van der Waals surface area contributed by atoms with Gasteiger partial charge < -0.3 is 4.90 Å². The van der Waals surface area contributed by atoms with E-state index in [1.807, 2.05) is 54.6 Å². The smallest absolute Gasteiger partial charge is 0.265 e. The van der Waals surface area contributed by atoms with Gasteiger partial charge in [-0.25, -0.2) is 0 Å². The van der Waals surface area contributed by atoms with E-state index >= 15 is 0 Å². The van der Waals surface area contributed by atoms with E-state index in [0.717, 1.165) is 21.3 Å². The first kappa shape index (κ1) is 19.0. The summed E-state index contributed by atoms with van der Waals surface area (Å²) in [4.78, 5) is 32.9. The first-order chi connectivity index (χ1) is 14.0. The summed E-state index contributed by atoms with van der Waals surface area (Å²) in [6.45, 7) is 0. The molecule has 0 unspecified atom stereocenters. The molecular weight excluding hydrogens is 404 g/mol. The van der Waals surface area contributed by atoms with Gasteiger partial charge in [-0.3, -0.25) is 24.8 Å². The molecule has 8 heteroatoms. The van der Waals surface area contributed by atoms with Gasteiger partial charge in [-0.05, 0) is 54.7 Å². The van der Waals surface area contributed by atoms with Crippen molar-refractivity contribution in [3.05, 3.63) is 77.4 Å². The topological polar surface area (TPSA) is 65.5 Å². The molecule has 1 N–H and O–H groups in total. The fraction of sp³-hybridized carbons (Fsp3) is 0.0476. The minimum atomic E-state index is -0.484. The maximum Gasteiger partial charge on any atom is 0.265 e. The summed E-state index contributed by atoms with van der Waals surface area (Å²) < 4.78 is 0. The van der Waals surface area contributed by atoms with Gasteiger partial charge in [0.05, 0.1) is 0 Å². The highest BCUT2D eigenvalue weighted by molar-refractivity contribution is 7.80. The van der Waals surface area contributed by atoms with Crippen LogP contribution in [0.25, 0.3) is 6.08 Å². The van der Waals surface area contributed by atoms with Crippen LogP contribution in [0.2, 0.25) is 0 Å². The Morgan fingerprint density at radius 1 is 1.03 bits per heavy atom. The SMILES string of the molecule is CN1C(=O)/C(=C/c2ccc(N(c3ccccc3)c3ccncc3)s2)C(=O)NC1=S.